The van der Waals surface area contributed by atoms with E-state index >= 15 is 0 Å². The van der Waals surface area contributed by atoms with Gasteiger partial charge in [-0.1, -0.05) is 66.4 Å². The van der Waals surface area contributed by atoms with Crippen molar-refractivity contribution < 1.29 is 4.92 Å². The molecule has 1 heterocycles. The van der Waals surface area contributed by atoms with Crippen LogP contribution >= 0.6 is 23.1 Å². The van der Waals surface area contributed by atoms with E-state index in [2.05, 4.69) is 15.5 Å². The lowest BCUT2D eigenvalue weighted by Gasteiger charge is -2.04. The zero-order valence-electron chi connectivity index (χ0n) is 15.6. The highest BCUT2D eigenvalue weighted by molar-refractivity contribution is 7.99. The second-order valence-corrected chi connectivity index (χ2v) is 8.15. The van der Waals surface area contributed by atoms with E-state index in [9.17, 15) is 10.1 Å². The molecule has 0 atom stereocenters. The molecule has 0 saturated carbocycles. The van der Waals surface area contributed by atoms with Gasteiger partial charge in [-0.3, -0.25) is 15.5 Å². The molecule has 6 nitrogen and oxygen atoms in total. The summed E-state index contributed by atoms with van der Waals surface area (Å²) in [6, 6.07) is 24.5. The normalized spacial score (nSPS) is 10.9. The van der Waals surface area contributed by atoms with Gasteiger partial charge in [-0.2, -0.15) is 5.10 Å². The number of aromatic nitrogens is 1. The highest BCUT2D eigenvalue weighted by atomic mass is 32.2. The molecule has 0 saturated heterocycles. The molecule has 30 heavy (non-hydrogen) atoms. The Balaban J connectivity index is 1.47. The summed E-state index contributed by atoms with van der Waals surface area (Å²) in [7, 11) is 0. The van der Waals surface area contributed by atoms with Crippen molar-refractivity contribution in [1.82, 2.24) is 4.98 Å². The number of nitro benzene ring substituents is 1. The summed E-state index contributed by atoms with van der Waals surface area (Å²) in [5, 5.41) is 18.3. The Morgan fingerprint density at radius 3 is 2.50 bits per heavy atom. The van der Waals surface area contributed by atoms with Gasteiger partial charge < -0.3 is 0 Å². The Morgan fingerprint density at radius 2 is 1.77 bits per heavy atom. The first-order valence-electron chi connectivity index (χ1n) is 9.00. The fourth-order valence-corrected chi connectivity index (χ4v) is 4.28. The number of nitrogens with zero attached hydrogens (tertiary/aromatic N) is 3. The standard InChI is InChI=1S/C22H16N4O2S2/c27-26(28)20-13-16(11-12-21(20)30-18-9-5-2-6-10-18)14-23-25-22-24-19(15-29-22)17-7-3-1-4-8-17/h1-15H,(H,24,25). The predicted octanol–water partition coefficient (Wildman–Crippen LogP) is 6.32. The smallest absolute Gasteiger partial charge is 0.258 e. The number of anilines is 1. The molecule has 0 unspecified atom stereocenters. The van der Waals surface area contributed by atoms with Crippen molar-refractivity contribution in [3.63, 3.8) is 0 Å². The highest BCUT2D eigenvalue weighted by Crippen LogP contribution is 2.35. The van der Waals surface area contributed by atoms with Crippen LogP contribution in [0.4, 0.5) is 10.8 Å². The third-order valence-corrected chi connectivity index (χ3v) is 5.92. The first-order valence-corrected chi connectivity index (χ1v) is 10.7. The lowest BCUT2D eigenvalue weighted by atomic mass is 10.2. The van der Waals surface area contributed by atoms with Crippen LogP contribution < -0.4 is 5.43 Å². The van der Waals surface area contributed by atoms with Crippen molar-refractivity contribution in [3.05, 3.63) is 99.9 Å². The number of rotatable bonds is 7. The SMILES string of the molecule is O=[N+]([O-])c1cc(C=NNc2nc(-c3ccccc3)cs2)ccc1Sc1ccccc1. The molecule has 0 amide bonds. The zero-order chi connectivity index (χ0) is 20.8. The van der Waals surface area contributed by atoms with Crippen LogP contribution in [0.5, 0.6) is 0 Å². The van der Waals surface area contributed by atoms with Crippen LogP contribution in [0.25, 0.3) is 11.3 Å². The molecular formula is C22H16N4O2S2. The molecule has 4 aromatic rings. The fraction of sp³-hybridized carbons (Fsp3) is 0. The second-order valence-electron chi connectivity index (χ2n) is 6.17. The number of benzene rings is 3. The lowest BCUT2D eigenvalue weighted by molar-refractivity contribution is -0.387. The average molecular weight is 433 g/mol. The summed E-state index contributed by atoms with van der Waals surface area (Å²) < 4.78 is 0. The Labute approximate surface area is 181 Å². The molecule has 1 N–H and O–H groups in total. The van der Waals surface area contributed by atoms with Gasteiger partial charge in [-0.15, -0.1) is 11.3 Å². The summed E-state index contributed by atoms with van der Waals surface area (Å²) in [6.45, 7) is 0. The molecule has 4 rings (SSSR count). The first kappa shape index (κ1) is 19.8. The van der Waals surface area contributed by atoms with Gasteiger partial charge in [-0.25, -0.2) is 4.98 Å². The van der Waals surface area contributed by atoms with E-state index in [1.54, 1.807) is 18.3 Å². The maximum Gasteiger partial charge on any atom is 0.283 e. The molecule has 0 spiro atoms. The van der Waals surface area contributed by atoms with E-state index < -0.39 is 0 Å². The van der Waals surface area contributed by atoms with Crippen molar-refractivity contribution in [2.45, 2.75) is 9.79 Å². The van der Waals surface area contributed by atoms with Crippen molar-refractivity contribution in [2.24, 2.45) is 5.10 Å². The molecule has 0 aliphatic heterocycles. The molecule has 1 aromatic heterocycles. The summed E-state index contributed by atoms with van der Waals surface area (Å²) in [4.78, 5) is 17.2. The maximum absolute atomic E-state index is 11.5. The largest absolute Gasteiger partial charge is 0.283 e. The zero-order valence-corrected chi connectivity index (χ0v) is 17.3. The van der Waals surface area contributed by atoms with Crippen molar-refractivity contribution >= 4 is 40.1 Å². The van der Waals surface area contributed by atoms with E-state index in [-0.39, 0.29) is 10.6 Å². The number of hydrogen-bond acceptors (Lipinski definition) is 7. The van der Waals surface area contributed by atoms with E-state index in [1.165, 1.54) is 29.2 Å². The van der Waals surface area contributed by atoms with Crippen LogP contribution in [0.1, 0.15) is 5.56 Å². The Bertz CT molecular complexity index is 1180. The topological polar surface area (TPSA) is 80.4 Å². The van der Waals surface area contributed by atoms with E-state index in [0.717, 1.165) is 16.2 Å². The van der Waals surface area contributed by atoms with Gasteiger partial charge in [-0.05, 0) is 18.2 Å². The Hall–Kier alpha value is -3.49. The summed E-state index contributed by atoms with van der Waals surface area (Å²) in [5.41, 5.74) is 5.48. The molecule has 0 radical (unpaired) electrons. The Kier molecular flexibility index (Phi) is 6.17. The van der Waals surface area contributed by atoms with Crippen LogP contribution in [-0.4, -0.2) is 16.1 Å². The van der Waals surface area contributed by atoms with Crippen molar-refractivity contribution in [3.8, 4) is 11.3 Å². The van der Waals surface area contributed by atoms with Gasteiger partial charge in [0, 0.05) is 27.5 Å². The third-order valence-electron chi connectivity index (χ3n) is 4.10. The van der Waals surface area contributed by atoms with Crippen LogP contribution in [0.3, 0.4) is 0 Å². The van der Waals surface area contributed by atoms with E-state index in [4.69, 9.17) is 0 Å². The number of nitrogens with one attached hydrogen (secondary N) is 1. The van der Waals surface area contributed by atoms with Crippen LogP contribution in [0, 0.1) is 10.1 Å². The van der Waals surface area contributed by atoms with E-state index in [0.29, 0.717) is 15.6 Å². The van der Waals surface area contributed by atoms with Crippen molar-refractivity contribution in [2.75, 3.05) is 5.43 Å². The van der Waals surface area contributed by atoms with Gasteiger partial charge in [0.05, 0.1) is 21.7 Å². The highest BCUT2D eigenvalue weighted by Gasteiger charge is 2.15. The first-order chi connectivity index (χ1) is 14.7. The number of hydrazone groups is 1. The fourth-order valence-electron chi connectivity index (χ4n) is 2.69. The number of nitro groups is 1. The quantitative estimate of drug-likeness (QED) is 0.210. The number of hydrogen-bond donors (Lipinski definition) is 1. The second kappa shape index (κ2) is 9.34. The molecule has 0 fully saturated rings. The van der Waals surface area contributed by atoms with Crippen LogP contribution in [-0.2, 0) is 0 Å². The molecule has 3 aromatic carbocycles. The van der Waals surface area contributed by atoms with Gasteiger partial charge in [0.25, 0.3) is 5.69 Å². The predicted molar refractivity (Wildman–Crippen MR) is 122 cm³/mol. The summed E-state index contributed by atoms with van der Waals surface area (Å²) in [6.07, 6.45) is 1.55. The maximum atomic E-state index is 11.5. The van der Waals surface area contributed by atoms with Crippen LogP contribution in [0.15, 0.2) is 99.1 Å². The molecule has 0 aliphatic rings. The summed E-state index contributed by atoms with van der Waals surface area (Å²) in [5.74, 6) is 0. The van der Waals surface area contributed by atoms with E-state index in [1.807, 2.05) is 66.0 Å². The van der Waals surface area contributed by atoms with Gasteiger partial charge in [0.1, 0.15) is 0 Å². The Morgan fingerprint density at radius 1 is 1.03 bits per heavy atom. The average Bonchev–Trinajstić information content (AvgIpc) is 3.25. The minimum absolute atomic E-state index is 0.0495. The van der Waals surface area contributed by atoms with Crippen LogP contribution in [0.2, 0.25) is 0 Å². The minimum Gasteiger partial charge on any atom is -0.258 e. The van der Waals surface area contributed by atoms with Gasteiger partial charge in [0.2, 0.25) is 5.13 Å². The molecule has 8 heteroatoms. The lowest BCUT2D eigenvalue weighted by Crippen LogP contribution is -1.95. The van der Waals surface area contributed by atoms with Gasteiger partial charge in [0.15, 0.2) is 0 Å². The molecule has 148 valence electrons. The minimum atomic E-state index is -0.372. The summed E-state index contributed by atoms with van der Waals surface area (Å²) >= 11 is 2.81. The third kappa shape index (κ3) is 4.91. The van der Waals surface area contributed by atoms with Gasteiger partial charge >= 0.3 is 0 Å². The molecule has 0 aliphatic carbocycles. The molecular weight excluding hydrogens is 416 g/mol. The number of thiazole rings is 1. The monoisotopic (exact) mass is 432 g/mol. The molecule has 0 bridgehead atoms. The van der Waals surface area contributed by atoms with Crippen molar-refractivity contribution in [1.29, 1.82) is 0 Å².